The highest BCUT2D eigenvalue weighted by molar-refractivity contribution is 5.92. The number of benzene rings is 2. The Morgan fingerprint density at radius 3 is 2.41 bits per heavy atom. The molecule has 2 aromatic rings. The summed E-state index contributed by atoms with van der Waals surface area (Å²) in [5.41, 5.74) is 1.71. The minimum Gasteiger partial charge on any atom is -0.487 e. The number of nitro groups is 1. The van der Waals surface area contributed by atoms with Gasteiger partial charge in [0, 0.05) is 6.07 Å². The van der Waals surface area contributed by atoms with Crippen LogP contribution in [0.3, 0.4) is 0 Å². The van der Waals surface area contributed by atoms with E-state index in [4.69, 9.17) is 9.47 Å². The molecule has 0 saturated heterocycles. The van der Waals surface area contributed by atoms with Gasteiger partial charge < -0.3 is 14.8 Å². The first-order valence-corrected chi connectivity index (χ1v) is 9.30. The average Bonchev–Trinajstić information content (AvgIpc) is 2.71. The number of nitrogens with zero attached hydrogens (tertiary/aromatic N) is 1. The highest BCUT2D eigenvalue weighted by atomic mass is 16.6. The lowest BCUT2D eigenvalue weighted by Crippen LogP contribution is -2.32. The maximum Gasteiger partial charge on any atom is 0.338 e. The van der Waals surface area contributed by atoms with Crippen LogP contribution in [0.4, 0.5) is 5.69 Å². The van der Waals surface area contributed by atoms with E-state index in [9.17, 15) is 19.7 Å². The van der Waals surface area contributed by atoms with E-state index in [0.29, 0.717) is 6.42 Å². The monoisotopic (exact) mass is 400 g/mol. The van der Waals surface area contributed by atoms with E-state index in [0.717, 1.165) is 17.2 Å². The van der Waals surface area contributed by atoms with Crippen molar-refractivity contribution in [2.75, 3.05) is 13.2 Å². The number of hydrogen-bond acceptors (Lipinski definition) is 6. The van der Waals surface area contributed by atoms with Gasteiger partial charge in [0.15, 0.2) is 12.4 Å². The summed E-state index contributed by atoms with van der Waals surface area (Å²) in [4.78, 5) is 34.9. The molecule has 0 saturated carbocycles. The van der Waals surface area contributed by atoms with E-state index in [1.165, 1.54) is 12.1 Å². The molecular weight excluding hydrogens is 376 g/mol. The molecule has 1 N–H and O–H groups in total. The molecule has 1 atom stereocenters. The van der Waals surface area contributed by atoms with Crippen LogP contribution in [0.25, 0.3) is 0 Å². The summed E-state index contributed by atoms with van der Waals surface area (Å²) in [5.74, 6) is -1.21. The Bertz CT molecular complexity index is 879. The van der Waals surface area contributed by atoms with Crippen LogP contribution in [0.1, 0.15) is 47.8 Å². The maximum atomic E-state index is 12.2. The van der Waals surface area contributed by atoms with Gasteiger partial charge in [0.2, 0.25) is 0 Å². The molecule has 0 aliphatic rings. The van der Waals surface area contributed by atoms with Crippen molar-refractivity contribution < 1.29 is 24.0 Å². The van der Waals surface area contributed by atoms with Crippen LogP contribution in [0, 0.1) is 17.0 Å². The molecule has 0 fully saturated rings. The van der Waals surface area contributed by atoms with E-state index in [1.807, 2.05) is 38.1 Å². The van der Waals surface area contributed by atoms with E-state index in [1.54, 1.807) is 6.92 Å². The van der Waals surface area contributed by atoms with Crippen molar-refractivity contribution in [3.05, 3.63) is 69.3 Å². The smallest absolute Gasteiger partial charge is 0.338 e. The SMILES string of the molecule is CCOc1ccc(C(=O)OCC(=O)N[C@@H](CC)c2ccc(C)cc2)cc1[N+](=O)[O-]. The number of hydrogen-bond donors (Lipinski definition) is 1. The van der Waals surface area contributed by atoms with Gasteiger partial charge in [-0.1, -0.05) is 36.8 Å². The molecule has 154 valence electrons. The Morgan fingerprint density at radius 2 is 1.83 bits per heavy atom. The molecule has 2 rings (SSSR count). The fraction of sp³-hybridized carbons (Fsp3) is 0.333. The fourth-order valence-electron chi connectivity index (χ4n) is 2.73. The van der Waals surface area contributed by atoms with E-state index < -0.39 is 23.4 Å². The van der Waals surface area contributed by atoms with Gasteiger partial charge in [-0.25, -0.2) is 4.79 Å². The molecule has 0 spiro atoms. The average molecular weight is 400 g/mol. The van der Waals surface area contributed by atoms with Crippen molar-refractivity contribution in [3.63, 3.8) is 0 Å². The first kappa shape index (κ1) is 21.9. The summed E-state index contributed by atoms with van der Waals surface area (Å²) in [6.07, 6.45) is 0.674. The number of amides is 1. The summed E-state index contributed by atoms with van der Waals surface area (Å²) in [7, 11) is 0. The number of nitro benzene ring substituents is 1. The number of nitrogens with one attached hydrogen (secondary N) is 1. The highest BCUT2D eigenvalue weighted by Crippen LogP contribution is 2.28. The summed E-state index contributed by atoms with van der Waals surface area (Å²) in [6, 6.07) is 11.4. The van der Waals surface area contributed by atoms with Gasteiger partial charge in [0.25, 0.3) is 5.91 Å². The second-order valence-corrected chi connectivity index (χ2v) is 6.39. The summed E-state index contributed by atoms with van der Waals surface area (Å²) in [6.45, 7) is 5.39. The van der Waals surface area contributed by atoms with Crippen molar-refractivity contribution >= 4 is 17.6 Å². The second kappa shape index (κ2) is 10.2. The molecule has 2 aromatic carbocycles. The molecule has 0 bridgehead atoms. The molecule has 8 nitrogen and oxygen atoms in total. The molecular formula is C21H24N2O6. The Hall–Kier alpha value is -3.42. The third-order valence-electron chi connectivity index (χ3n) is 4.25. The van der Waals surface area contributed by atoms with Gasteiger partial charge in [-0.2, -0.15) is 0 Å². The molecule has 29 heavy (non-hydrogen) atoms. The van der Waals surface area contributed by atoms with Crippen LogP contribution < -0.4 is 10.1 Å². The van der Waals surface area contributed by atoms with Crippen molar-refractivity contribution in [1.82, 2.24) is 5.32 Å². The number of carbonyl (C=O) groups is 2. The van der Waals surface area contributed by atoms with Gasteiger partial charge in [-0.15, -0.1) is 0 Å². The molecule has 0 aliphatic heterocycles. The number of rotatable bonds is 9. The lowest BCUT2D eigenvalue weighted by atomic mass is 10.0. The molecule has 0 radical (unpaired) electrons. The molecule has 8 heteroatoms. The number of ether oxygens (including phenoxy) is 2. The van der Waals surface area contributed by atoms with Gasteiger partial charge in [-0.3, -0.25) is 14.9 Å². The Labute approximate surface area is 169 Å². The topological polar surface area (TPSA) is 108 Å². The van der Waals surface area contributed by atoms with Gasteiger partial charge in [0.05, 0.1) is 23.1 Å². The zero-order valence-electron chi connectivity index (χ0n) is 16.6. The van der Waals surface area contributed by atoms with Crippen molar-refractivity contribution in [2.45, 2.75) is 33.2 Å². The lowest BCUT2D eigenvalue weighted by Gasteiger charge is -2.17. The highest BCUT2D eigenvalue weighted by Gasteiger charge is 2.20. The quantitative estimate of drug-likeness (QED) is 0.390. The van der Waals surface area contributed by atoms with E-state index in [-0.39, 0.29) is 29.6 Å². The van der Waals surface area contributed by atoms with Crippen LogP contribution in [0.5, 0.6) is 5.75 Å². The predicted molar refractivity (Wildman–Crippen MR) is 107 cm³/mol. The van der Waals surface area contributed by atoms with Crippen molar-refractivity contribution in [2.24, 2.45) is 0 Å². The zero-order chi connectivity index (χ0) is 21.4. The molecule has 0 aromatic heterocycles. The van der Waals surface area contributed by atoms with Gasteiger partial charge >= 0.3 is 11.7 Å². The predicted octanol–water partition coefficient (Wildman–Crippen LogP) is 3.73. The summed E-state index contributed by atoms with van der Waals surface area (Å²) >= 11 is 0. The Balaban J connectivity index is 1.99. The van der Waals surface area contributed by atoms with Crippen molar-refractivity contribution in [3.8, 4) is 5.75 Å². The van der Waals surface area contributed by atoms with Crippen LogP contribution in [-0.2, 0) is 9.53 Å². The van der Waals surface area contributed by atoms with Crippen LogP contribution in [0.15, 0.2) is 42.5 Å². The minimum absolute atomic E-state index is 0.0291. The maximum absolute atomic E-state index is 12.2. The normalized spacial score (nSPS) is 11.4. The first-order valence-electron chi connectivity index (χ1n) is 9.30. The van der Waals surface area contributed by atoms with Crippen LogP contribution >= 0.6 is 0 Å². The third kappa shape index (κ3) is 6.03. The van der Waals surface area contributed by atoms with Gasteiger partial charge in [-0.05, 0) is 38.0 Å². The third-order valence-corrected chi connectivity index (χ3v) is 4.25. The van der Waals surface area contributed by atoms with Crippen LogP contribution in [0.2, 0.25) is 0 Å². The van der Waals surface area contributed by atoms with Crippen LogP contribution in [-0.4, -0.2) is 30.0 Å². The Kier molecular flexibility index (Phi) is 7.70. The number of aryl methyl sites for hydroxylation is 1. The molecule has 1 amide bonds. The largest absolute Gasteiger partial charge is 0.487 e. The molecule has 0 heterocycles. The summed E-state index contributed by atoms with van der Waals surface area (Å²) < 4.78 is 10.2. The van der Waals surface area contributed by atoms with E-state index >= 15 is 0 Å². The second-order valence-electron chi connectivity index (χ2n) is 6.39. The molecule has 0 aliphatic carbocycles. The first-order chi connectivity index (χ1) is 13.8. The minimum atomic E-state index is -0.824. The molecule has 0 unspecified atom stereocenters. The van der Waals surface area contributed by atoms with E-state index in [2.05, 4.69) is 5.32 Å². The van der Waals surface area contributed by atoms with Crippen molar-refractivity contribution in [1.29, 1.82) is 0 Å². The lowest BCUT2D eigenvalue weighted by molar-refractivity contribution is -0.385. The Morgan fingerprint density at radius 1 is 1.14 bits per heavy atom. The summed E-state index contributed by atoms with van der Waals surface area (Å²) in [5, 5.41) is 14.0. The fourth-order valence-corrected chi connectivity index (χ4v) is 2.73. The van der Waals surface area contributed by atoms with Gasteiger partial charge in [0.1, 0.15) is 0 Å². The standard InChI is InChI=1S/C21H24N2O6/c1-4-17(15-8-6-14(3)7-9-15)22-20(24)13-29-21(25)16-10-11-19(28-5-2)18(12-16)23(26)27/h6-12,17H,4-5,13H2,1-3H3,(H,22,24)/t17-/m0/s1. The number of esters is 1. The number of carbonyl (C=O) groups excluding carboxylic acids is 2. The zero-order valence-corrected chi connectivity index (χ0v) is 16.6.